The lowest BCUT2D eigenvalue weighted by atomic mass is 10.2. The molecular weight excluding hydrogens is 239 g/mol. The van der Waals surface area contributed by atoms with Crippen molar-refractivity contribution in [3.8, 4) is 0 Å². The van der Waals surface area contributed by atoms with Gasteiger partial charge in [-0.15, -0.1) is 0 Å². The molecule has 0 atom stereocenters. The van der Waals surface area contributed by atoms with Crippen LogP contribution in [0, 0.1) is 5.92 Å². The van der Waals surface area contributed by atoms with E-state index in [-0.39, 0.29) is 0 Å². The molecule has 0 saturated carbocycles. The summed E-state index contributed by atoms with van der Waals surface area (Å²) in [4.78, 5) is 0. The smallest absolute Gasteiger partial charge is 0.0917 e. The summed E-state index contributed by atoms with van der Waals surface area (Å²) in [5, 5.41) is 2.55. The molecule has 2 aromatic carbocycles. The molecule has 0 N–H and O–H groups in total. The van der Waals surface area contributed by atoms with E-state index in [2.05, 4.69) is 62.4 Å². The molecule has 0 heterocycles. The summed E-state index contributed by atoms with van der Waals surface area (Å²) in [6.07, 6.45) is 0. The number of rotatable bonds is 5. The van der Waals surface area contributed by atoms with Crippen LogP contribution in [0.4, 0.5) is 0 Å². The monoisotopic (exact) mass is 258 g/mol. The second-order valence-electron chi connectivity index (χ2n) is 4.66. The summed E-state index contributed by atoms with van der Waals surface area (Å²) in [5.41, 5.74) is 0. The second-order valence-corrected chi connectivity index (χ2v) is 6.53. The topological polar surface area (TPSA) is 9.23 Å². The maximum Gasteiger partial charge on any atom is 0.0917 e. The van der Waals surface area contributed by atoms with Crippen molar-refractivity contribution in [3.05, 3.63) is 60.7 Å². The quantitative estimate of drug-likeness (QED) is 0.743. The van der Waals surface area contributed by atoms with Crippen LogP contribution in [-0.4, -0.2) is 6.61 Å². The van der Waals surface area contributed by atoms with Crippen LogP contribution < -0.4 is 10.6 Å². The Kier molecular flexibility index (Phi) is 4.92. The van der Waals surface area contributed by atoms with Crippen LogP contribution in [-0.2, 0) is 4.52 Å². The van der Waals surface area contributed by atoms with Crippen LogP contribution in [0.25, 0.3) is 0 Å². The van der Waals surface area contributed by atoms with Gasteiger partial charge in [-0.1, -0.05) is 74.5 Å². The maximum atomic E-state index is 6.14. The summed E-state index contributed by atoms with van der Waals surface area (Å²) < 4.78 is 6.14. The molecule has 0 fully saturated rings. The molecule has 0 radical (unpaired) electrons. The fourth-order valence-electron chi connectivity index (χ4n) is 1.65. The van der Waals surface area contributed by atoms with Crippen LogP contribution in [0.2, 0.25) is 0 Å². The van der Waals surface area contributed by atoms with Crippen molar-refractivity contribution in [1.29, 1.82) is 0 Å². The van der Waals surface area contributed by atoms with Gasteiger partial charge in [-0.3, -0.25) is 0 Å². The first-order valence-corrected chi connectivity index (χ1v) is 7.56. The lowest BCUT2D eigenvalue weighted by molar-refractivity contribution is 0.305. The van der Waals surface area contributed by atoms with Crippen molar-refractivity contribution < 1.29 is 4.52 Å². The van der Waals surface area contributed by atoms with Gasteiger partial charge in [0.2, 0.25) is 0 Å². The van der Waals surface area contributed by atoms with E-state index in [1.54, 1.807) is 0 Å². The van der Waals surface area contributed by atoms with Gasteiger partial charge in [0.25, 0.3) is 0 Å². The highest BCUT2D eigenvalue weighted by Gasteiger charge is 2.14. The molecule has 0 aliphatic carbocycles. The Morgan fingerprint density at radius 1 is 0.833 bits per heavy atom. The van der Waals surface area contributed by atoms with E-state index in [0.29, 0.717) is 5.92 Å². The second kappa shape index (κ2) is 6.68. The van der Waals surface area contributed by atoms with E-state index in [0.717, 1.165) is 6.61 Å². The maximum absolute atomic E-state index is 6.14. The molecule has 0 aliphatic heterocycles. The summed E-state index contributed by atoms with van der Waals surface area (Å²) in [6.45, 7) is 5.17. The van der Waals surface area contributed by atoms with Gasteiger partial charge in [-0.25, -0.2) is 0 Å². The van der Waals surface area contributed by atoms with Gasteiger partial charge in [0.15, 0.2) is 0 Å². The summed E-state index contributed by atoms with van der Waals surface area (Å²) in [7, 11) is -0.683. The Hall–Kier alpha value is -1.17. The van der Waals surface area contributed by atoms with Gasteiger partial charge >= 0.3 is 0 Å². The Morgan fingerprint density at radius 2 is 1.28 bits per heavy atom. The van der Waals surface area contributed by atoms with Crippen LogP contribution in [0.3, 0.4) is 0 Å². The van der Waals surface area contributed by atoms with Crippen molar-refractivity contribution in [2.75, 3.05) is 6.61 Å². The van der Waals surface area contributed by atoms with Gasteiger partial charge in [-0.05, 0) is 5.92 Å². The highest BCUT2D eigenvalue weighted by atomic mass is 31.1. The predicted octanol–water partition coefficient (Wildman–Crippen LogP) is 3.71. The summed E-state index contributed by atoms with van der Waals surface area (Å²) in [5.74, 6) is 0.558. The van der Waals surface area contributed by atoms with Crippen LogP contribution in [0.5, 0.6) is 0 Å². The minimum atomic E-state index is -0.683. The van der Waals surface area contributed by atoms with Gasteiger partial charge in [0.1, 0.15) is 0 Å². The van der Waals surface area contributed by atoms with E-state index in [1.165, 1.54) is 10.6 Å². The zero-order valence-electron chi connectivity index (χ0n) is 10.9. The molecule has 0 saturated heterocycles. The Morgan fingerprint density at radius 3 is 1.67 bits per heavy atom. The van der Waals surface area contributed by atoms with Crippen LogP contribution >= 0.6 is 8.15 Å². The average molecular weight is 258 g/mol. The fraction of sp³-hybridized carbons (Fsp3) is 0.250. The molecular formula is C16H19OP. The first-order chi connectivity index (χ1) is 8.77. The number of hydrogen-bond donors (Lipinski definition) is 0. The van der Waals surface area contributed by atoms with E-state index in [4.69, 9.17) is 4.52 Å². The molecule has 2 rings (SSSR count). The van der Waals surface area contributed by atoms with Gasteiger partial charge < -0.3 is 4.52 Å². The molecule has 0 unspecified atom stereocenters. The number of benzene rings is 2. The SMILES string of the molecule is CC(C)COP(c1ccccc1)c1ccccc1. The minimum Gasteiger partial charge on any atom is -0.349 e. The first kappa shape index (κ1) is 13.3. The molecule has 0 spiro atoms. The zero-order valence-corrected chi connectivity index (χ0v) is 11.8. The lowest BCUT2D eigenvalue weighted by Gasteiger charge is -2.19. The van der Waals surface area contributed by atoms with Crippen molar-refractivity contribution in [3.63, 3.8) is 0 Å². The van der Waals surface area contributed by atoms with Crippen molar-refractivity contribution in [1.82, 2.24) is 0 Å². The highest BCUT2D eigenvalue weighted by molar-refractivity contribution is 7.68. The largest absolute Gasteiger partial charge is 0.349 e. The van der Waals surface area contributed by atoms with Crippen molar-refractivity contribution in [2.24, 2.45) is 5.92 Å². The van der Waals surface area contributed by atoms with Gasteiger partial charge in [0, 0.05) is 10.6 Å². The third-order valence-electron chi connectivity index (χ3n) is 2.52. The fourth-order valence-corrected chi connectivity index (χ4v) is 3.58. The molecule has 0 amide bonds. The summed E-state index contributed by atoms with van der Waals surface area (Å²) >= 11 is 0. The van der Waals surface area contributed by atoms with E-state index >= 15 is 0 Å². The predicted molar refractivity (Wildman–Crippen MR) is 79.9 cm³/mol. The van der Waals surface area contributed by atoms with Crippen LogP contribution in [0.1, 0.15) is 13.8 Å². The van der Waals surface area contributed by atoms with Crippen molar-refractivity contribution in [2.45, 2.75) is 13.8 Å². The van der Waals surface area contributed by atoms with Gasteiger partial charge in [0.05, 0.1) is 14.8 Å². The lowest BCUT2D eigenvalue weighted by Crippen LogP contribution is -2.15. The molecule has 2 heteroatoms. The van der Waals surface area contributed by atoms with Gasteiger partial charge in [-0.2, -0.15) is 0 Å². The number of hydrogen-bond acceptors (Lipinski definition) is 1. The third-order valence-corrected chi connectivity index (χ3v) is 4.46. The van der Waals surface area contributed by atoms with E-state index in [9.17, 15) is 0 Å². The highest BCUT2D eigenvalue weighted by Crippen LogP contribution is 2.35. The molecule has 94 valence electrons. The minimum absolute atomic E-state index is 0.558. The molecule has 0 aromatic heterocycles. The Balaban J connectivity index is 2.24. The molecule has 2 aromatic rings. The molecule has 0 bridgehead atoms. The Bertz CT molecular complexity index is 414. The van der Waals surface area contributed by atoms with Crippen molar-refractivity contribution >= 4 is 18.8 Å². The Labute approximate surface area is 111 Å². The standard InChI is InChI=1S/C16H19OP/c1-14(2)13-17-18(15-9-5-3-6-10-15)16-11-7-4-8-12-16/h3-12,14H,13H2,1-2H3. The molecule has 18 heavy (non-hydrogen) atoms. The van der Waals surface area contributed by atoms with Crippen LogP contribution in [0.15, 0.2) is 60.7 Å². The molecule has 1 nitrogen and oxygen atoms in total. The zero-order chi connectivity index (χ0) is 12.8. The van der Waals surface area contributed by atoms with E-state index < -0.39 is 8.15 Å². The first-order valence-electron chi connectivity index (χ1n) is 6.30. The summed E-state index contributed by atoms with van der Waals surface area (Å²) in [6, 6.07) is 21.0. The third kappa shape index (κ3) is 3.66. The molecule has 0 aliphatic rings. The normalized spacial score (nSPS) is 11.1. The van der Waals surface area contributed by atoms with E-state index in [1.807, 2.05) is 12.1 Å². The average Bonchev–Trinajstić information content (AvgIpc) is 2.41.